The summed E-state index contributed by atoms with van der Waals surface area (Å²) in [5.41, 5.74) is 2.20. The maximum atomic E-state index is 13.0. The average molecular weight is 327 g/mol. The number of fused-ring (bicyclic) bond motifs is 1. The van der Waals surface area contributed by atoms with E-state index in [0.29, 0.717) is 17.9 Å². The molecule has 0 spiro atoms. The molecule has 1 aliphatic heterocycles. The van der Waals surface area contributed by atoms with Gasteiger partial charge in [-0.05, 0) is 17.5 Å². The largest absolute Gasteiger partial charge is 0.467 e. The minimum Gasteiger partial charge on any atom is -0.467 e. The Balaban J connectivity index is 1.93. The van der Waals surface area contributed by atoms with E-state index in [1.54, 1.807) is 17.1 Å². The molecule has 1 amide bonds. The Kier molecular flexibility index (Phi) is 4.38. The van der Waals surface area contributed by atoms with E-state index >= 15 is 0 Å². The first-order valence-corrected chi connectivity index (χ1v) is 8.03. The lowest BCUT2D eigenvalue weighted by atomic mass is 10.1. The monoisotopic (exact) mass is 327 g/mol. The van der Waals surface area contributed by atoms with E-state index in [4.69, 9.17) is 4.74 Å². The molecular formula is C18H21N3O3. The zero-order valence-electron chi connectivity index (χ0n) is 14.1. The Hall–Kier alpha value is -2.63. The molecule has 6 nitrogen and oxygen atoms in total. The average Bonchev–Trinajstić information content (AvgIpc) is 3.17. The van der Waals surface area contributed by atoms with Gasteiger partial charge in [0.2, 0.25) is 0 Å². The van der Waals surface area contributed by atoms with Crippen LogP contribution in [0.4, 0.5) is 5.69 Å². The van der Waals surface area contributed by atoms with Gasteiger partial charge in [0, 0.05) is 24.8 Å². The van der Waals surface area contributed by atoms with Gasteiger partial charge in [0.1, 0.15) is 6.04 Å². The molecule has 1 aromatic heterocycles. The number of ether oxygens (including phenoxy) is 1. The van der Waals surface area contributed by atoms with Crippen LogP contribution in [0.5, 0.6) is 0 Å². The number of hydrogen-bond donors (Lipinski definition) is 0. The molecule has 0 saturated carbocycles. The van der Waals surface area contributed by atoms with Gasteiger partial charge in [-0.3, -0.25) is 14.4 Å². The molecule has 2 heterocycles. The van der Waals surface area contributed by atoms with Crippen molar-refractivity contribution < 1.29 is 14.3 Å². The van der Waals surface area contributed by atoms with Crippen LogP contribution in [0.25, 0.3) is 0 Å². The SMILES string of the molecule is COC(=O)[C@H]1Cc2ccccc2N1C(=O)c1cnn(CC(C)C)c1. The van der Waals surface area contributed by atoms with Gasteiger partial charge in [-0.15, -0.1) is 0 Å². The van der Waals surface area contributed by atoms with Crippen molar-refractivity contribution in [1.82, 2.24) is 9.78 Å². The highest BCUT2D eigenvalue weighted by Gasteiger charge is 2.39. The fourth-order valence-corrected chi connectivity index (χ4v) is 3.05. The normalized spacial score (nSPS) is 16.3. The first-order valence-electron chi connectivity index (χ1n) is 8.03. The highest BCUT2D eigenvalue weighted by atomic mass is 16.5. The van der Waals surface area contributed by atoms with Gasteiger partial charge in [0.25, 0.3) is 5.91 Å². The maximum absolute atomic E-state index is 13.0. The predicted molar refractivity (Wildman–Crippen MR) is 89.8 cm³/mol. The number of aromatic nitrogens is 2. The summed E-state index contributed by atoms with van der Waals surface area (Å²) in [6.07, 6.45) is 3.76. The maximum Gasteiger partial charge on any atom is 0.329 e. The Labute approximate surface area is 141 Å². The van der Waals surface area contributed by atoms with Crippen LogP contribution in [0.3, 0.4) is 0 Å². The van der Waals surface area contributed by atoms with E-state index in [1.807, 2.05) is 24.3 Å². The Morgan fingerprint density at radius 3 is 2.79 bits per heavy atom. The van der Waals surface area contributed by atoms with Crippen molar-refractivity contribution in [2.75, 3.05) is 12.0 Å². The van der Waals surface area contributed by atoms with E-state index in [1.165, 1.54) is 12.0 Å². The van der Waals surface area contributed by atoms with Crippen molar-refractivity contribution in [3.63, 3.8) is 0 Å². The lowest BCUT2D eigenvalue weighted by Crippen LogP contribution is -2.43. The highest BCUT2D eigenvalue weighted by Crippen LogP contribution is 2.33. The van der Waals surface area contributed by atoms with Crippen molar-refractivity contribution >= 4 is 17.6 Å². The van der Waals surface area contributed by atoms with Gasteiger partial charge in [-0.2, -0.15) is 5.10 Å². The number of nitrogens with zero attached hydrogens (tertiary/aromatic N) is 3. The molecule has 3 rings (SSSR count). The number of amides is 1. The van der Waals surface area contributed by atoms with E-state index in [9.17, 15) is 9.59 Å². The number of anilines is 1. The van der Waals surface area contributed by atoms with Crippen molar-refractivity contribution in [3.8, 4) is 0 Å². The summed E-state index contributed by atoms with van der Waals surface area (Å²) in [6.45, 7) is 4.92. The smallest absolute Gasteiger partial charge is 0.329 e. The van der Waals surface area contributed by atoms with Gasteiger partial charge in [0.15, 0.2) is 0 Å². The second-order valence-electron chi connectivity index (χ2n) is 6.39. The number of methoxy groups -OCH3 is 1. The molecule has 0 bridgehead atoms. The standard InChI is InChI=1S/C18H21N3O3/c1-12(2)10-20-11-14(9-19-20)17(22)21-15-7-5-4-6-13(15)8-16(21)18(23)24-3/h4-7,9,11-12,16H,8,10H2,1-3H3/t16-/m1/s1. The minimum absolute atomic E-state index is 0.231. The molecule has 0 unspecified atom stereocenters. The second kappa shape index (κ2) is 6.47. The first-order chi connectivity index (χ1) is 11.5. The summed E-state index contributed by atoms with van der Waals surface area (Å²) in [7, 11) is 1.34. The molecule has 1 atom stereocenters. The van der Waals surface area contributed by atoms with Crippen molar-refractivity contribution in [2.45, 2.75) is 32.9 Å². The first kappa shape index (κ1) is 16.2. The molecule has 1 aromatic carbocycles. The van der Waals surface area contributed by atoms with Crippen LogP contribution >= 0.6 is 0 Å². The van der Waals surface area contributed by atoms with Gasteiger partial charge in [0.05, 0.1) is 18.9 Å². The zero-order chi connectivity index (χ0) is 17.3. The number of benzene rings is 1. The van der Waals surface area contributed by atoms with E-state index in [0.717, 1.165) is 17.8 Å². The molecular weight excluding hydrogens is 306 g/mol. The fourth-order valence-electron chi connectivity index (χ4n) is 3.05. The number of para-hydroxylation sites is 1. The molecule has 6 heteroatoms. The van der Waals surface area contributed by atoms with Crippen LogP contribution in [-0.4, -0.2) is 34.8 Å². The van der Waals surface area contributed by atoms with E-state index in [2.05, 4.69) is 18.9 Å². The van der Waals surface area contributed by atoms with Gasteiger partial charge in [-0.25, -0.2) is 4.79 Å². The summed E-state index contributed by atoms with van der Waals surface area (Å²) in [6, 6.07) is 6.92. The lowest BCUT2D eigenvalue weighted by Gasteiger charge is -2.23. The van der Waals surface area contributed by atoms with Gasteiger partial charge < -0.3 is 4.74 Å². The summed E-state index contributed by atoms with van der Waals surface area (Å²) in [5.74, 6) is -0.206. The van der Waals surface area contributed by atoms with Crippen LogP contribution in [0, 0.1) is 5.92 Å². The Morgan fingerprint density at radius 2 is 2.08 bits per heavy atom. The number of hydrogen-bond acceptors (Lipinski definition) is 4. The third-order valence-corrected chi connectivity index (χ3v) is 4.10. The zero-order valence-corrected chi connectivity index (χ0v) is 14.1. The third kappa shape index (κ3) is 2.91. The molecule has 0 N–H and O–H groups in total. The number of rotatable bonds is 4. The summed E-state index contributed by atoms with van der Waals surface area (Å²) in [5, 5.41) is 4.25. The summed E-state index contributed by atoms with van der Waals surface area (Å²) >= 11 is 0. The summed E-state index contributed by atoms with van der Waals surface area (Å²) < 4.78 is 6.64. The van der Waals surface area contributed by atoms with Crippen LogP contribution in [0.1, 0.15) is 29.8 Å². The van der Waals surface area contributed by atoms with Crippen molar-refractivity contribution in [2.24, 2.45) is 5.92 Å². The van der Waals surface area contributed by atoms with Crippen LogP contribution < -0.4 is 4.90 Å². The number of carbonyl (C=O) groups is 2. The van der Waals surface area contributed by atoms with E-state index < -0.39 is 12.0 Å². The number of esters is 1. The molecule has 0 radical (unpaired) electrons. The topological polar surface area (TPSA) is 64.4 Å². The van der Waals surface area contributed by atoms with Gasteiger partial charge in [-0.1, -0.05) is 32.0 Å². The Bertz CT molecular complexity index is 766. The van der Waals surface area contributed by atoms with Crippen LogP contribution in [0.15, 0.2) is 36.7 Å². The van der Waals surface area contributed by atoms with Crippen LogP contribution in [0.2, 0.25) is 0 Å². The second-order valence-corrected chi connectivity index (χ2v) is 6.39. The molecule has 0 saturated heterocycles. The minimum atomic E-state index is -0.631. The van der Waals surface area contributed by atoms with Crippen molar-refractivity contribution in [3.05, 3.63) is 47.8 Å². The Morgan fingerprint density at radius 1 is 1.33 bits per heavy atom. The molecule has 0 aliphatic carbocycles. The van der Waals surface area contributed by atoms with Crippen molar-refractivity contribution in [1.29, 1.82) is 0 Å². The molecule has 0 fully saturated rings. The highest BCUT2D eigenvalue weighted by molar-refractivity contribution is 6.10. The fraction of sp³-hybridized carbons (Fsp3) is 0.389. The summed E-state index contributed by atoms with van der Waals surface area (Å²) in [4.78, 5) is 26.7. The molecule has 2 aromatic rings. The van der Waals surface area contributed by atoms with Gasteiger partial charge >= 0.3 is 5.97 Å². The predicted octanol–water partition coefficient (Wildman–Crippen LogP) is 2.28. The molecule has 126 valence electrons. The third-order valence-electron chi connectivity index (χ3n) is 4.10. The number of carbonyl (C=O) groups excluding carboxylic acids is 2. The lowest BCUT2D eigenvalue weighted by molar-refractivity contribution is -0.141. The van der Waals surface area contributed by atoms with E-state index in [-0.39, 0.29) is 5.91 Å². The van der Waals surface area contributed by atoms with Crippen LogP contribution in [-0.2, 0) is 22.5 Å². The molecule has 24 heavy (non-hydrogen) atoms. The molecule has 1 aliphatic rings. The quantitative estimate of drug-likeness (QED) is 0.808.